The van der Waals surface area contributed by atoms with Crippen LogP contribution >= 0.6 is 0 Å². The third-order valence-electron chi connectivity index (χ3n) is 6.50. The van der Waals surface area contributed by atoms with Crippen LogP contribution < -0.4 is 14.2 Å². The Bertz CT molecular complexity index is 1400. The van der Waals surface area contributed by atoms with E-state index in [0.717, 1.165) is 42.3 Å². The molecule has 1 N–H and O–H groups in total. The van der Waals surface area contributed by atoms with Gasteiger partial charge in [-0.25, -0.2) is 8.42 Å². The lowest BCUT2D eigenvalue weighted by atomic mass is 10.1. The number of ether oxygens (including phenoxy) is 2. The smallest absolute Gasteiger partial charge is 0.262 e. The predicted molar refractivity (Wildman–Crippen MR) is 137 cm³/mol. The van der Waals surface area contributed by atoms with Gasteiger partial charge in [-0.3, -0.25) is 14.4 Å². The second kappa shape index (κ2) is 9.83. The molecule has 5 rings (SSSR count). The average Bonchev–Trinajstić information content (AvgIpc) is 3.32. The van der Waals surface area contributed by atoms with Crippen LogP contribution in [-0.2, 0) is 16.6 Å². The molecule has 8 nitrogen and oxygen atoms in total. The molecule has 3 aromatic rings. The van der Waals surface area contributed by atoms with Crippen LogP contribution in [0.1, 0.15) is 27.0 Å². The minimum Gasteiger partial charge on any atom is -0.454 e. The molecule has 2 aliphatic heterocycles. The van der Waals surface area contributed by atoms with Crippen molar-refractivity contribution in [2.75, 3.05) is 37.7 Å². The summed E-state index contributed by atoms with van der Waals surface area (Å²) in [4.78, 5) is 17.4. The first-order valence-electron chi connectivity index (χ1n) is 11.9. The fourth-order valence-electron chi connectivity index (χ4n) is 4.53. The molecule has 0 saturated carbocycles. The molecule has 0 bridgehead atoms. The zero-order chi connectivity index (χ0) is 25.3. The van der Waals surface area contributed by atoms with Crippen molar-refractivity contribution in [3.63, 3.8) is 0 Å². The predicted octanol–water partition coefficient (Wildman–Crippen LogP) is 3.79. The van der Waals surface area contributed by atoms with E-state index in [-0.39, 0.29) is 17.6 Å². The van der Waals surface area contributed by atoms with Crippen molar-refractivity contribution in [2.24, 2.45) is 0 Å². The first kappa shape index (κ1) is 24.1. The molecule has 0 radical (unpaired) electrons. The second-order valence-corrected chi connectivity index (χ2v) is 10.9. The van der Waals surface area contributed by atoms with Crippen molar-refractivity contribution in [2.45, 2.75) is 25.3 Å². The highest BCUT2D eigenvalue weighted by Crippen LogP contribution is 2.33. The van der Waals surface area contributed by atoms with E-state index in [9.17, 15) is 13.2 Å². The molecule has 1 amide bonds. The molecule has 0 aromatic heterocycles. The number of amides is 1. The summed E-state index contributed by atoms with van der Waals surface area (Å²) in [6.07, 6.45) is 0. The van der Waals surface area contributed by atoms with Gasteiger partial charge >= 0.3 is 0 Å². The van der Waals surface area contributed by atoms with E-state index in [1.165, 1.54) is 6.07 Å². The van der Waals surface area contributed by atoms with Gasteiger partial charge in [0.25, 0.3) is 15.9 Å². The first-order chi connectivity index (χ1) is 17.3. The number of sulfonamides is 1. The van der Waals surface area contributed by atoms with Crippen LogP contribution in [0.4, 0.5) is 5.69 Å². The molecule has 2 aliphatic rings. The summed E-state index contributed by atoms with van der Waals surface area (Å²) < 4.78 is 39.7. The van der Waals surface area contributed by atoms with E-state index in [1.807, 2.05) is 31.2 Å². The van der Waals surface area contributed by atoms with Gasteiger partial charge in [0.1, 0.15) is 0 Å². The Labute approximate surface area is 211 Å². The number of carbonyl (C=O) groups is 1. The van der Waals surface area contributed by atoms with E-state index in [1.54, 1.807) is 42.2 Å². The zero-order valence-electron chi connectivity index (χ0n) is 20.4. The van der Waals surface area contributed by atoms with Crippen LogP contribution in [0.5, 0.6) is 11.5 Å². The van der Waals surface area contributed by atoms with Gasteiger partial charge in [0.05, 0.1) is 4.90 Å². The molecule has 188 valence electrons. The van der Waals surface area contributed by atoms with Gasteiger partial charge in [-0.05, 0) is 66.9 Å². The molecule has 1 saturated heterocycles. The Balaban J connectivity index is 1.24. The summed E-state index contributed by atoms with van der Waals surface area (Å²) in [6, 6.07) is 18.0. The van der Waals surface area contributed by atoms with Crippen LogP contribution in [-0.4, -0.2) is 57.1 Å². The molecule has 0 atom stereocenters. The number of rotatable bonds is 6. The number of carbonyl (C=O) groups excluding carboxylic acids is 1. The van der Waals surface area contributed by atoms with Crippen LogP contribution in [0, 0.1) is 13.8 Å². The van der Waals surface area contributed by atoms with Gasteiger partial charge in [-0.2, -0.15) is 0 Å². The number of aryl methyl sites for hydroxylation is 2. The van der Waals surface area contributed by atoms with Crippen LogP contribution in [0.3, 0.4) is 0 Å². The average molecular weight is 508 g/mol. The van der Waals surface area contributed by atoms with Gasteiger partial charge in [-0.15, -0.1) is 0 Å². The Kier molecular flexibility index (Phi) is 6.59. The van der Waals surface area contributed by atoms with Crippen molar-refractivity contribution < 1.29 is 22.7 Å². The summed E-state index contributed by atoms with van der Waals surface area (Å²) in [5, 5.41) is 0. The minimum atomic E-state index is -3.84. The highest BCUT2D eigenvalue weighted by molar-refractivity contribution is 7.92. The van der Waals surface area contributed by atoms with Gasteiger partial charge in [-0.1, -0.05) is 24.3 Å². The van der Waals surface area contributed by atoms with Crippen LogP contribution in [0.15, 0.2) is 65.6 Å². The molecule has 9 heteroatoms. The number of benzene rings is 3. The molecule has 36 heavy (non-hydrogen) atoms. The Morgan fingerprint density at radius 2 is 1.69 bits per heavy atom. The summed E-state index contributed by atoms with van der Waals surface area (Å²) in [6.45, 7) is 7.24. The maximum absolute atomic E-state index is 13.2. The summed E-state index contributed by atoms with van der Waals surface area (Å²) in [7, 11) is -3.84. The molecular weight excluding hydrogens is 478 g/mol. The van der Waals surface area contributed by atoms with Gasteiger partial charge in [0.15, 0.2) is 11.5 Å². The normalized spacial score (nSPS) is 15.7. The molecule has 3 aromatic carbocycles. The molecule has 1 fully saturated rings. The number of fused-ring (bicyclic) bond motifs is 1. The number of anilines is 1. The lowest BCUT2D eigenvalue weighted by Gasteiger charge is -2.35. The number of hydrogen-bond donors (Lipinski definition) is 1. The summed E-state index contributed by atoms with van der Waals surface area (Å²) in [5.41, 5.74) is 3.53. The SMILES string of the molecule is Cc1cccc(NS(=O)(=O)c2cc(C(=O)N3CCN(Cc4ccc5c(c4)OCO5)CC3)ccc2C)c1. The van der Waals surface area contributed by atoms with E-state index in [4.69, 9.17) is 9.47 Å². The maximum Gasteiger partial charge on any atom is 0.262 e. The lowest BCUT2D eigenvalue weighted by Crippen LogP contribution is -2.48. The summed E-state index contributed by atoms with van der Waals surface area (Å²) in [5.74, 6) is 1.37. The molecule has 0 unspecified atom stereocenters. The lowest BCUT2D eigenvalue weighted by molar-refractivity contribution is 0.0628. The quantitative estimate of drug-likeness (QED) is 0.546. The number of hydrogen-bond acceptors (Lipinski definition) is 6. The Morgan fingerprint density at radius 1 is 0.917 bits per heavy atom. The molecule has 0 spiro atoms. The van der Waals surface area contributed by atoms with Crippen molar-refractivity contribution in [3.05, 3.63) is 82.9 Å². The van der Waals surface area contributed by atoms with E-state index in [2.05, 4.69) is 9.62 Å². The second-order valence-electron chi connectivity index (χ2n) is 9.21. The van der Waals surface area contributed by atoms with Crippen LogP contribution in [0.25, 0.3) is 0 Å². The van der Waals surface area contributed by atoms with Crippen molar-refractivity contribution in [3.8, 4) is 11.5 Å². The number of nitrogens with zero attached hydrogens (tertiary/aromatic N) is 2. The van der Waals surface area contributed by atoms with E-state index >= 15 is 0 Å². The Morgan fingerprint density at radius 3 is 2.47 bits per heavy atom. The van der Waals surface area contributed by atoms with Crippen LogP contribution in [0.2, 0.25) is 0 Å². The fourth-order valence-corrected chi connectivity index (χ4v) is 5.85. The fraction of sp³-hybridized carbons (Fsp3) is 0.296. The van der Waals surface area contributed by atoms with Crippen molar-refractivity contribution in [1.29, 1.82) is 0 Å². The van der Waals surface area contributed by atoms with Gasteiger partial charge < -0.3 is 14.4 Å². The molecular formula is C27H29N3O5S. The topological polar surface area (TPSA) is 88.2 Å². The van der Waals surface area contributed by atoms with E-state index < -0.39 is 10.0 Å². The van der Waals surface area contributed by atoms with E-state index in [0.29, 0.717) is 29.9 Å². The zero-order valence-corrected chi connectivity index (χ0v) is 21.2. The molecule has 0 aliphatic carbocycles. The van der Waals surface area contributed by atoms with Gasteiger partial charge in [0.2, 0.25) is 6.79 Å². The minimum absolute atomic E-state index is 0.108. The maximum atomic E-state index is 13.2. The number of nitrogens with one attached hydrogen (secondary N) is 1. The largest absolute Gasteiger partial charge is 0.454 e. The van der Waals surface area contributed by atoms with Gasteiger partial charge in [0, 0.05) is 44.0 Å². The highest BCUT2D eigenvalue weighted by Gasteiger charge is 2.25. The highest BCUT2D eigenvalue weighted by atomic mass is 32.2. The molecule has 2 heterocycles. The van der Waals surface area contributed by atoms with Crippen molar-refractivity contribution in [1.82, 2.24) is 9.80 Å². The summed E-state index contributed by atoms with van der Waals surface area (Å²) >= 11 is 0. The monoisotopic (exact) mass is 507 g/mol. The third-order valence-corrected chi connectivity index (χ3v) is 8.02. The first-order valence-corrected chi connectivity index (χ1v) is 13.4. The third kappa shape index (κ3) is 5.17. The van der Waals surface area contributed by atoms with Crippen molar-refractivity contribution >= 4 is 21.6 Å². The number of piperazine rings is 1. The Hall–Kier alpha value is -3.56. The standard InChI is InChI=1S/C27H29N3O5S/c1-19-4-3-5-23(14-19)28-36(32,33)26-16-22(8-6-20(26)2)27(31)30-12-10-29(11-13-30)17-21-7-9-24-25(15-21)35-18-34-24/h3-9,14-16,28H,10-13,17-18H2,1-2H3.